The molecule has 1 aliphatic rings. The van der Waals surface area contributed by atoms with E-state index < -0.39 is 17.7 Å². The molecule has 37 heavy (non-hydrogen) atoms. The number of hydrogen-bond donors (Lipinski definition) is 3. The van der Waals surface area contributed by atoms with E-state index in [1.807, 2.05) is 0 Å². The van der Waals surface area contributed by atoms with Crippen LogP contribution in [0.3, 0.4) is 0 Å². The molecule has 0 spiro atoms. The highest BCUT2D eigenvalue weighted by atomic mass is 35.5. The van der Waals surface area contributed by atoms with Crippen molar-refractivity contribution in [3.8, 4) is 11.4 Å². The van der Waals surface area contributed by atoms with Crippen molar-refractivity contribution in [2.45, 2.75) is 19.3 Å². The van der Waals surface area contributed by atoms with E-state index in [0.29, 0.717) is 34.3 Å². The van der Waals surface area contributed by atoms with Crippen LogP contribution in [0.4, 0.5) is 5.69 Å². The second-order valence-electron chi connectivity index (χ2n) is 8.65. The van der Waals surface area contributed by atoms with E-state index in [9.17, 15) is 14.4 Å². The summed E-state index contributed by atoms with van der Waals surface area (Å²) < 4.78 is 6.88. The standard InChI is InChI=1S/C26H29ClN6O4/c1-37-21-15-17(9-10-20(21)31-25(35)18-7-3-4-8-19(18)27)33-16-30-22(23(33)24(28)34)26(36)29-11-14-32-12-5-2-6-13-32/h3-4,7-10,15-16H,2,5-6,11-14H2,1H3,(H2,28,34)(H,29,36)(H,31,35). The molecular formula is C26H29ClN6O4. The van der Waals surface area contributed by atoms with Crippen LogP contribution >= 0.6 is 11.6 Å². The van der Waals surface area contributed by atoms with Crippen LogP contribution in [0.15, 0.2) is 48.8 Å². The van der Waals surface area contributed by atoms with Gasteiger partial charge in [-0.2, -0.15) is 0 Å². The Balaban J connectivity index is 1.52. The number of carbonyl (C=O) groups excluding carboxylic acids is 3. The first-order valence-corrected chi connectivity index (χ1v) is 12.4. The summed E-state index contributed by atoms with van der Waals surface area (Å²) >= 11 is 6.13. The first-order chi connectivity index (χ1) is 17.9. The molecule has 4 N–H and O–H groups in total. The SMILES string of the molecule is COc1cc(-n2cnc(C(=O)NCCN3CCCCC3)c2C(N)=O)ccc1NC(=O)c1ccccc1Cl. The van der Waals surface area contributed by atoms with Gasteiger partial charge in [-0.15, -0.1) is 0 Å². The number of hydrogen-bond acceptors (Lipinski definition) is 6. The number of halogens is 1. The van der Waals surface area contributed by atoms with Crippen LogP contribution in [0.1, 0.15) is 50.6 Å². The number of likely N-dealkylation sites (tertiary alicyclic amines) is 1. The van der Waals surface area contributed by atoms with Crippen molar-refractivity contribution in [2.75, 3.05) is 38.6 Å². The van der Waals surface area contributed by atoms with Crippen molar-refractivity contribution in [1.82, 2.24) is 19.8 Å². The monoisotopic (exact) mass is 524 g/mol. The summed E-state index contributed by atoms with van der Waals surface area (Å²) in [5, 5.41) is 5.93. The molecule has 3 aromatic rings. The lowest BCUT2D eigenvalue weighted by molar-refractivity contribution is 0.0924. The number of piperidine rings is 1. The molecule has 1 aliphatic heterocycles. The highest BCUT2D eigenvalue weighted by Gasteiger charge is 2.24. The molecule has 4 rings (SSSR count). The maximum absolute atomic E-state index is 12.8. The first-order valence-electron chi connectivity index (χ1n) is 12.0. The average Bonchev–Trinajstić information content (AvgIpc) is 3.35. The van der Waals surface area contributed by atoms with Crippen LogP contribution < -0.4 is 21.1 Å². The van der Waals surface area contributed by atoms with E-state index in [1.165, 1.54) is 24.4 Å². The Morgan fingerprint density at radius 1 is 1.08 bits per heavy atom. The van der Waals surface area contributed by atoms with E-state index in [2.05, 4.69) is 20.5 Å². The minimum Gasteiger partial charge on any atom is -0.494 e. The number of nitrogens with zero attached hydrogens (tertiary/aromatic N) is 3. The summed E-state index contributed by atoms with van der Waals surface area (Å²) in [7, 11) is 1.45. The van der Waals surface area contributed by atoms with E-state index in [-0.39, 0.29) is 11.4 Å². The van der Waals surface area contributed by atoms with Gasteiger partial charge < -0.3 is 26.0 Å². The summed E-state index contributed by atoms with van der Waals surface area (Å²) in [5.41, 5.74) is 6.72. The molecule has 3 amide bonds. The Labute approximate surface area is 219 Å². The number of primary amides is 1. The van der Waals surface area contributed by atoms with Gasteiger partial charge in [0.2, 0.25) is 0 Å². The number of ether oxygens (including phenoxy) is 1. The normalized spacial score (nSPS) is 13.7. The maximum Gasteiger partial charge on any atom is 0.272 e. The van der Waals surface area contributed by atoms with Gasteiger partial charge in [-0.05, 0) is 50.2 Å². The lowest BCUT2D eigenvalue weighted by Gasteiger charge is -2.26. The molecule has 0 saturated carbocycles. The fourth-order valence-corrected chi connectivity index (χ4v) is 4.53. The van der Waals surface area contributed by atoms with Gasteiger partial charge in [0.05, 0.1) is 29.1 Å². The van der Waals surface area contributed by atoms with Gasteiger partial charge in [0, 0.05) is 19.2 Å². The Morgan fingerprint density at radius 2 is 1.84 bits per heavy atom. The van der Waals surface area contributed by atoms with Gasteiger partial charge in [0.25, 0.3) is 17.7 Å². The van der Waals surface area contributed by atoms with E-state index in [4.69, 9.17) is 22.1 Å². The fourth-order valence-electron chi connectivity index (χ4n) is 4.31. The van der Waals surface area contributed by atoms with Gasteiger partial charge >= 0.3 is 0 Å². The molecule has 194 valence electrons. The van der Waals surface area contributed by atoms with E-state index >= 15 is 0 Å². The number of anilines is 1. The molecule has 11 heteroatoms. The van der Waals surface area contributed by atoms with Gasteiger partial charge in [-0.25, -0.2) is 4.98 Å². The molecule has 1 fully saturated rings. The third-order valence-electron chi connectivity index (χ3n) is 6.21. The second-order valence-corrected chi connectivity index (χ2v) is 9.06. The number of benzene rings is 2. The Kier molecular flexibility index (Phi) is 8.42. The molecule has 0 aliphatic carbocycles. The summed E-state index contributed by atoms with van der Waals surface area (Å²) in [6.07, 6.45) is 4.92. The van der Waals surface area contributed by atoms with Gasteiger partial charge in [-0.1, -0.05) is 30.2 Å². The van der Waals surface area contributed by atoms with Crippen molar-refractivity contribution in [3.05, 3.63) is 70.8 Å². The van der Waals surface area contributed by atoms with Crippen molar-refractivity contribution >= 4 is 35.0 Å². The molecular weight excluding hydrogens is 496 g/mol. The molecule has 10 nitrogen and oxygen atoms in total. The minimum absolute atomic E-state index is 0.0506. The highest BCUT2D eigenvalue weighted by molar-refractivity contribution is 6.34. The maximum atomic E-state index is 12.8. The number of imidazole rings is 1. The average molecular weight is 525 g/mol. The lowest BCUT2D eigenvalue weighted by Crippen LogP contribution is -2.38. The van der Waals surface area contributed by atoms with E-state index in [0.717, 1.165) is 32.5 Å². The van der Waals surface area contributed by atoms with Crippen molar-refractivity contribution in [2.24, 2.45) is 5.73 Å². The quantitative estimate of drug-likeness (QED) is 0.394. The number of methoxy groups -OCH3 is 1. The number of aromatic nitrogens is 2. The van der Waals surface area contributed by atoms with E-state index in [1.54, 1.807) is 42.5 Å². The zero-order chi connectivity index (χ0) is 26.4. The Hall–Kier alpha value is -3.89. The molecule has 0 unspecified atom stereocenters. The van der Waals surface area contributed by atoms with Crippen LogP contribution in [0.5, 0.6) is 5.75 Å². The summed E-state index contributed by atoms with van der Waals surface area (Å²) in [6, 6.07) is 11.6. The smallest absolute Gasteiger partial charge is 0.272 e. The molecule has 0 radical (unpaired) electrons. The van der Waals surface area contributed by atoms with Gasteiger partial charge in [0.1, 0.15) is 17.8 Å². The van der Waals surface area contributed by atoms with Crippen LogP contribution in [0.2, 0.25) is 5.02 Å². The predicted octanol–water partition coefficient (Wildman–Crippen LogP) is 3.10. The number of nitrogens with two attached hydrogens (primary N) is 1. The molecule has 0 atom stereocenters. The Morgan fingerprint density at radius 3 is 2.54 bits per heavy atom. The molecule has 0 bridgehead atoms. The zero-order valence-electron chi connectivity index (χ0n) is 20.5. The summed E-state index contributed by atoms with van der Waals surface area (Å²) in [5.74, 6) is -1.34. The molecule has 1 aromatic heterocycles. The third kappa shape index (κ3) is 6.10. The van der Waals surface area contributed by atoms with Crippen LogP contribution in [-0.2, 0) is 0 Å². The highest BCUT2D eigenvalue weighted by Crippen LogP contribution is 2.29. The van der Waals surface area contributed by atoms with Crippen LogP contribution in [-0.4, -0.2) is 65.5 Å². The predicted molar refractivity (Wildman–Crippen MR) is 141 cm³/mol. The zero-order valence-corrected chi connectivity index (χ0v) is 21.3. The van der Waals surface area contributed by atoms with Gasteiger partial charge in [0.15, 0.2) is 5.69 Å². The van der Waals surface area contributed by atoms with Crippen molar-refractivity contribution in [1.29, 1.82) is 0 Å². The molecule has 2 aromatic carbocycles. The fraction of sp³-hybridized carbons (Fsp3) is 0.308. The summed E-state index contributed by atoms with van der Waals surface area (Å²) in [4.78, 5) is 44.3. The Bertz CT molecular complexity index is 1300. The minimum atomic E-state index is -0.797. The molecule has 1 saturated heterocycles. The number of carbonyl (C=O) groups is 3. The number of amides is 3. The van der Waals surface area contributed by atoms with Crippen molar-refractivity contribution in [3.63, 3.8) is 0 Å². The molecule has 2 heterocycles. The largest absolute Gasteiger partial charge is 0.494 e. The number of rotatable bonds is 9. The summed E-state index contributed by atoms with van der Waals surface area (Å²) in [6.45, 7) is 3.22. The number of nitrogens with one attached hydrogen (secondary N) is 2. The topological polar surface area (TPSA) is 132 Å². The lowest BCUT2D eigenvalue weighted by atomic mass is 10.1. The first kappa shape index (κ1) is 26.2. The van der Waals surface area contributed by atoms with Crippen LogP contribution in [0.25, 0.3) is 5.69 Å². The second kappa shape index (κ2) is 11.9. The van der Waals surface area contributed by atoms with Gasteiger partial charge in [-0.3, -0.25) is 19.0 Å². The third-order valence-corrected chi connectivity index (χ3v) is 6.54. The van der Waals surface area contributed by atoms with Crippen molar-refractivity contribution < 1.29 is 19.1 Å². The van der Waals surface area contributed by atoms with Crippen LogP contribution in [0, 0.1) is 0 Å².